The van der Waals surface area contributed by atoms with Crippen molar-refractivity contribution in [3.8, 4) is 16.9 Å². The molecule has 4 aromatic rings. The summed E-state index contributed by atoms with van der Waals surface area (Å²) in [4.78, 5) is 23.1. The Kier molecular flexibility index (Phi) is 8.92. The van der Waals surface area contributed by atoms with Gasteiger partial charge in [0.1, 0.15) is 5.75 Å². The number of carboxylic acid groups (broad SMARTS) is 1. The maximum atomic E-state index is 13.2. The van der Waals surface area contributed by atoms with Gasteiger partial charge in [0.05, 0.1) is 36.0 Å². The van der Waals surface area contributed by atoms with Gasteiger partial charge >= 0.3 is 12.1 Å². The first-order chi connectivity index (χ1) is 19.4. The zero-order valence-electron chi connectivity index (χ0n) is 22.6. The second kappa shape index (κ2) is 12.2. The van der Waals surface area contributed by atoms with Crippen molar-refractivity contribution < 1.29 is 32.6 Å². The van der Waals surface area contributed by atoms with Crippen LogP contribution in [0.15, 0.2) is 60.8 Å². The van der Waals surface area contributed by atoms with E-state index in [1.54, 1.807) is 24.3 Å². The van der Waals surface area contributed by atoms with Gasteiger partial charge in [0.25, 0.3) is 5.91 Å². The Morgan fingerprint density at radius 1 is 1.07 bits per heavy atom. The molecule has 0 fully saturated rings. The van der Waals surface area contributed by atoms with E-state index in [1.807, 2.05) is 23.0 Å². The lowest BCUT2D eigenvalue weighted by Crippen LogP contribution is -2.26. The number of rotatable bonds is 10. The number of halogens is 4. The molecule has 216 valence electrons. The predicted molar refractivity (Wildman–Crippen MR) is 150 cm³/mol. The van der Waals surface area contributed by atoms with Crippen LogP contribution in [0.1, 0.15) is 54.2 Å². The molecule has 1 atom stereocenters. The molecule has 1 heterocycles. The van der Waals surface area contributed by atoms with E-state index in [9.17, 15) is 22.8 Å². The smallest absolute Gasteiger partial charge is 0.416 e. The van der Waals surface area contributed by atoms with Gasteiger partial charge in [0.2, 0.25) is 0 Å². The lowest BCUT2D eigenvalue weighted by atomic mass is 9.96. The Labute approximate surface area is 239 Å². The van der Waals surface area contributed by atoms with Crippen molar-refractivity contribution >= 4 is 34.4 Å². The van der Waals surface area contributed by atoms with Crippen LogP contribution in [0.2, 0.25) is 5.02 Å². The third-order valence-corrected chi connectivity index (χ3v) is 6.96. The molecule has 0 saturated carbocycles. The van der Waals surface area contributed by atoms with E-state index in [0.29, 0.717) is 39.3 Å². The molecule has 0 bridgehead atoms. The van der Waals surface area contributed by atoms with Gasteiger partial charge in [0.15, 0.2) is 0 Å². The van der Waals surface area contributed by atoms with Gasteiger partial charge < -0.3 is 15.2 Å². The minimum Gasteiger partial charge on any atom is -0.495 e. The van der Waals surface area contributed by atoms with Gasteiger partial charge in [-0.1, -0.05) is 43.6 Å². The lowest BCUT2D eigenvalue weighted by Gasteiger charge is -2.20. The van der Waals surface area contributed by atoms with E-state index in [0.717, 1.165) is 24.1 Å². The average molecular weight is 588 g/mol. The molecule has 7 nitrogen and oxygen atoms in total. The average Bonchev–Trinajstić information content (AvgIpc) is 3.34. The standard InChI is InChI=1S/C30H29ClF3N3O4/c1-17(2)14-26(18-4-6-19(7-5-18)29(40)35-13-12-27(38)39)37-16-23-25(36-37)11-10-22(28(23)41-3)21-9-8-20(15-24(21)31)30(32,33)34/h4-11,15-17,26H,12-14H2,1-3H3,(H,35,40)(H,38,39)/t26-/m0/s1. The first-order valence-electron chi connectivity index (χ1n) is 12.9. The third-order valence-electron chi connectivity index (χ3n) is 6.64. The Morgan fingerprint density at radius 2 is 1.76 bits per heavy atom. The van der Waals surface area contributed by atoms with Crippen molar-refractivity contribution in [2.24, 2.45) is 5.92 Å². The molecule has 0 spiro atoms. The highest BCUT2D eigenvalue weighted by atomic mass is 35.5. The maximum absolute atomic E-state index is 13.2. The SMILES string of the molecule is COc1c(-c2ccc(C(F)(F)F)cc2Cl)ccc2nn([C@@H](CC(C)C)c3ccc(C(=O)NCCC(=O)O)cc3)cc12. The Hall–Kier alpha value is -4.05. The summed E-state index contributed by atoms with van der Waals surface area (Å²) in [6, 6.07) is 13.6. The lowest BCUT2D eigenvalue weighted by molar-refractivity contribution is -0.138. The van der Waals surface area contributed by atoms with E-state index in [1.165, 1.54) is 13.2 Å². The van der Waals surface area contributed by atoms with Crippen LogP contribution in [0.5, 0.6) is 5.75 Å². The number of amides is 1. The molecule has 41 heavy (non-hydrogen) atoms. The fourth-order valence-corrected chi connectivity index (χ4v) is 4.96. The van der Waals surface area contributed by atoms with Gasteiger partial charge in [-0.05, 0) is 54.3 Å². The molecule has 0 aliphatic carbocycles. The molecule has 0 saturated heterocycles. The number of hydrogen-bond acceptors (Lipinski definition) is 4. The minimum absolute atomic E-state index is 0.0350. The van der Waals surface area contributed by atoms with E-state index in [2.05, 4.69) is 19.2 Å². The molecule has 0 radical (unpaired) electrons. The number of aliphatic carboxylic acids is 1. The first kappa shape index (κ1) is 29.9. The monoisotopic (exact) mass is 587 g/mol. The van der Waals surface area contributed by atoms with Crippen molar-refractivity contribution in [3.05, 3.63) is 82.5 Å². The summed E-state index contributed by atoms with van der Waals surface area (Å²) in [6.07, 6.45) is -2.10. The first-order valence-corrected chi connectivity index (χ1v) is 13.3. The highest BCUT2D eigenvalue weighted by Crippen LogP contribution is 2.42. The Morgan fingerprint density at radius 3 is 2.34 bits per heavy atom. The van der Waals surface area contributed by atoms with Crippen LogP contribution < -0.4 is 10.1 Å². The summed E-state index contributed by atoms with van der Waals surface area (Å²) >= 11 is 6.29. The Bertz CT molecular complexity index is 1570. The zero-order chi connectivity index (χ0) is 29.9. The molecule has 4 rings (SSSR count). The van der Waals surface area contributed by atoms with Crippen molar-refractivity contribution in [1.29, 1.82) is 0 Å². The number of alkyl halides is 3. The minimum atomic E-state index is -4.51. The number of carbonyl (C=O) groups is 2. The molecule has 1 amide bonds. The molecular weight excluding hydrogens is 559 g/mol. The quantitative estimate of drug-likeness (QED) is 0.204. The highest BCUT2D eigenvalue weighted by molar-refractivity contribution is 6.33. The second-order valence-electron chi connectivity index (χ2n) is 10.0. The van der Waals surface area contributed by atoms with Crippen LogP contribution in [-0.2, 0) is 11.0 Å². The van der Waals surface area contributed by atoms with Crippen LogP contribution in [0.25, 0.3) is 22.0 Å². The van der Waals surface area contributed by atoms with Crippen molar-refractivity contribution in [2.75, 3.05) is 13.7 Å². The summed E-state index contributed by atoms with van der Waals surface area (Å²) in [6.45, 7) is 4.21. The molecule has 3 aromatic carbocycles. The van der Waals surface area contributed by atoms with Crippen LogP contribution in [0.3, 0.4) is 0 Å². The van der Waals surface area contributed by atoms with Crippen molar-refractivity contribution in [1.82, 2.24) is 15.1 Å². The number of aromatic nitrogens is 2. The van der Waals surface area contributed by atoms with Crippen molar-refractivity contribution in [3.63, 3.8) is 0 Å². The van der Waals surface area contributed by atoms with Crippen LogP contribution in [0, 0.1) is 5.92 Å². The molecule has 11 heteroatoms. The van der Waals surface area contributed by atoms with Crippen LogP contribution in [-0.4, -0.2) is 40.4 Å². The van der Waals surface area contributed by atoms with Crippen LogP contribution in [0.4, 0.5) is 13.2 Å². The van der Waals surface area contributed by atoms with Crippen LogP contribution >= 0.6 is 11.6 Å². The number of nitrogens with zero attached hydrogens (tertiary/aromatic N) is 2. The fraction of sp³-hybridized carbons (Fsp3) is 0.300. The number of hydrogen-bond donors (Lipinski definition) is 2. The maximum Gasteiger partial charge on any atom is 0.416 e. The summed E-state index contributed by atoms with van der Waals surface area (Å²) in [5.74, 6) is -0.612. The zero-order valence-corrected chi connectivity index (χ0v) is 23.4. The van der Waals surface area contributed by atoms with Gasteiger partial charge in [-0.15, -0.1) is 0 Å². The predicted octanol–water partition coefficient (Wildman–Crippen LogP) is 7.22. The van der Waals surface area contributed by atoms with E-state index in [-0.39, 0.29) is 29.9 Å². The second-order valence-corrected chi connectivity index (χ2v) is 10.5. The molecule has 0 aliphatic heterocycles. The molecule has 0 unspecified atom stereocenters. The normalized spacial score (nSPS) is 12.5. The van der Waals surface area contributed by atoms with Gasteiger partial charge in [-0.3, -0.25) is 14.3 Å². The molecule has 1 aromatic heterocycles. The number of carboxylic acids is 1. The van der Waals surface area contributed by atoms with Gasteiger partial charge in [-0.25, -0.2) is 0 Å². The largest absolute Gasteiger partial charge is 0.495 e. The third kappa shape index (κ3) is 6.82. The molecule has 2 N–H and O–H groups in total. The number of benzene rings is 3. The summed E-state index contributed by atoms with van der Waals surface area (Å²) in [5, 5.41) is 16.8. The van der Waals surface area contributed by atoms with E-state index >= 15 is 0 Å². The number of ether oxygens (including phenoxy) is 1. The van der Waals surface area contributed by atoms with E-state index < -0.39 is 17.7 Å². The highest BCUT2D eigenvalue weighted by Gasteiger charge is 2.31. The van der Waals surface area contributed by atoms with E-state index in [4.69, 9.17) is 26.5 Å². The number of nitrogens with one attached hydrogen (secondary N) is 1. The molecular formula is C30H29ClF3N3O4. The summed E-state index contributed by atoms with van der Waals surface area (Å²) in [7, 11) is 1.49. The van der Waals surface area contributed by atoms with Gasteiger partial charge in [0, 0.05) is 34.5 Å². The summed E-state index contributed by atoms with van der Waals surface area (Å²) in [5.41, 5.74) is 2.07. The fourth-order valence-electron chi connectivity index (χ4n) is 4.67. The summed E-state index contributed by atoms with van der Waals surface area (Å²) < 4.78 is 47.1. The Balaban J connectivity index is 1.69. The van der Waals surface area contributed by atoms with Crippen molar-refractivity contribution in [2.45, 2.75) is 38.9 Å². The topological polar surface area (TPSA) is 93.5 Å². The number of methoxy groups -OCH3 is 1. The molecule has 0 aliphatic rings. The number of fused-ring (bicyclic) bond motifs is 1. The van der Waals surface area contributed by atoms with Gasteiger partial charge in [-0.2, -0.15) is 18.3 Å². The number of carbonyl (C=O) groups excluding carboxylic acids is 1.